The molecule has 1 aliphatic heterocycles. The Hall–Kier alpha value is -0.320. The molecule has 4 nitrogen and oxygen atoms in total. The number of likely N-dealkylation sites (tertiary alicyclic amines) is 1. The van der Waals surface area contributed by atoms with Gasteiger partial charge in [-0.15, -0.1) is 12.4 Å². The van der Waals surface area contributed by atoms with E-state index in [1.807, 2.05) is 18.7 Å². The lowest BCUT2D eigenvalue weighted by molar-refractivity contribution is -0.136. The van der Waals surface area contributed by atoms with Crippen LogP contribution in [0.5, 0.6) is 0 Å². The van der Waals surface area contributed by atoms with Gasteiger partial charge < -0.3 is 16.4 Å². The SMILES string of the molecule is CC(N)C(C)C(=O)N1CCC[C@@H](N)C1.Cl. The van der Waals surface area contributed by atoms with Crippen molar-refractivity contribution in [2.24, 2.45) is 17.4 Å². The fourth-order valence-electron chi connectivity index (χ4n) is 1.72. The molecule has 4 N–H and O–H groups in total. The summed E-state index contributed by atoms with van der Waals surface area (Å²) in [5.74, 6) is 0.0513. The van der Waals surface area contributed by atoms with Gasteiger partial charge in [0.1, 0.15) is 0 Å². The first kappa shape index (κ1) is 14.7. The van der Waals surface area contributed by atoms with E-state index in [0.717, 1.165) is 19.4 Å². The van der Waals surface area contributed by atoms with Crippen LogP contribution in [-0.4, -0.2) is 36.0 Å². The molecule has 0 spiro atoms. The van der Waals surface area contributed by atoms with E-state index in [2.05, 4.69) is 0 Å². The smallest absolute Gasteiger partial charge is 0.227 e. The maximum absolute atomic E-state index is 11.9. The molecule has 0 aromatic rings. The second kappa shape index (κ2) is 6.30. The average Bonchev–Trinajstić information content (AvgIpc) is 2.15. The summed E-state index contributed by atoms with van der Waals surface area (Å²) in [6, 6.07) is 0.0635. The maximum Gasteiger partial charge on any atom is 0.227 e. The van der Waals surface area contributed by atoms with Crippen LogP contribution in [0.4, 0.5) is 0 Å². The third-order valence-electron chi connectivity index (χ3n) is 2.95. The zero-order valence-corrected chi connectivity index (χ0v) is 10.3. The molecule has 1 amide bonds. The van der Waals surface area contributed by atoms with Crippen LogP contribution in [0.3, 0.4) is 0 Å². The quantitative estimate of drug-likeness (QED) is 0.725. The first-order chi connectivity index (χ1) is 6.52. The Balaban J connectivity index is 0.00000196. The number of hydrogen-bond donors (Lipinski definition) is 2. The summed E-state index contributed by atoms with van der Waals surface area (Å²) in [7, 11) is 0. The first-order valence-corrected chi connectivity index (χ1v) is 5.32. The van der Waals surface area contributed by atoms with Crippen molar-refractivity contribution >= 4 is 18.3 Å². The minimum Gasteiger partial charge on any atom is -0.341 e. The Morgan fingerprint density at radius 3 is 2.53 bits per heavy atom. The van der Waals surface area contributed by atoms with Crippen LogP contribution < -0.4 is 11.5 Å². The highest BCUT2D eigenvalue weighted by atomic mass is 35.5. The molecule has 2 unspecified atom stereocenters. The Bertz CT molecular complexity index is 211. The summed E-state index contributed by atoms with van der Waals surface area (Å²) >= 11 is 0. The number of carbonyl (C=O) groups excluding carboxylic acids is 1. The van der Waals surface area contributed by atoms with Crippen molar-refractivity contribution in [1.82, 2.24) is 4.90 Å². The number of hydrogen-bond acceptors (Lipinski definition) is 3. The topological polar surface area (TPSA) is 72.4 Å². The maximum atomic E-state index is 11.9. The lowest BCUT2D eigenvalue weighted by atomic mass is 10.00. The Labute approximate surface area is 97.8 Å². The normalized spacial score (nSPS) is 25.3. The highest BCUT2D eigenvalue weighted by Gasteiger charge is 2.26. The zero-order chi connectivity index (χ0) is 10.7. The lowest BCUT2D eigenvalue weighted by Crippen LogP contribution is -2.49. The summed E-state index contributed by atoms with van der Waals surface area (Å²) in [6.07, 6.45) is 2.04. The fourth-order valence-corrected chi connectivity index (χ4v) is 1.72. The largest absolute Gasteiger partial charge is 0.341 e. The molecule has 90 valence electrons. The van der Waals surface area contributed by atoms with Crippen molar-refractivity contribution in [3.63, 3.8) is 0 Å². The molecule has 1 heterocycles. The van der Waals surface area contributed by atoms with Gasteiger partial charge in [-0.2, -0.15) is 0 Å². The van der Waals surface area contributed by atoms with Gasteiger partial charge in [-0.05, 0) is 19.8 Å². The van der Waals surface area contributed by atoms with E-state index in [0.29, 0.717) is 6.54 Å². The van der Waals surface area contributed by atoms with Gasteiger partial charge in [0.15, 0.2) is 0 Å². The first-order valence-electron chi connectivity index (χ1n) is 5.32. The molecular formula is C10H22ClN3O. The number of rotatable bonds is 2. The van der Waals surface area contributed by atoms with Gasteiger partial charge in [0.25, 0.3) is 0 Å². The molecule has 1 fully saturated rings. The third kappa shape index (κ3) is 3.97. The molecular weight excluding hydrogens is 214 g/mol. The molecule has 0 radical (unpaired) electrons. The van der Waals surface area contributed by atoms with Crippen molar-refractivity contribution in [3.8, 4) is 0 Å². The minimum absolute atomic E-state index is 0. The van der Waals surface area contributed by atoms with Crippen LogP contribution in [0.1, 0.15) is 26.7 Å². The standard InChI is InChI=1S/C10H21N3O.ClH/c1-7(8(2)11)10(14)13-5-3-4-9(12)6-13;/h7-9H,3-6,11-12H2,1-2H3;1H/t7?,8?,9-;/m1./s1. The summed E-state index contributed by atoms with van der Waals surface area (Å²) in [4.78, 5) is 13.7. The van der Waals surface area contributed by atoms with Crippen molar-refractivity contribution in [2.75, 3.05) is 13.1 Å². The van der Waals surface area contributed by atoms with E-state index in [4.69, 9.17) is 11.5 Å². The van der Waals surface area contributed by atoms with Crippen molar-refractivity contribution in [3.05, 3.63) is 0 Å². The second-order valence-electron chi connectivity index (χ2n) is 4.33. The van der Waals surface area contributed by atoms with Gasteiger partial charge in [-0.3, -0.25) is 4.79 Å². The van der Waals surface area contributed by atoms with Gasteiger partial charge in [0.05, 0.1) is 5.92 Å². The number of nitrogens with two attached hydrogens (primary N) is 2. The van der Waals surface area contributed by atoms with Crippen LogP contribution in [0.2, 0.25) is 0 Å². The van der Waals surface area contributed by atoms with Crippen molar-refractivity contribution < 1.29 is 4.79 Å². The van der Waals surface area contributed by atoms with E-state index < -0.39 is 0 Å². The number of amides is 1. The summed E-state index contributed by atoms with van der Waals surface area (Å²) in [5, 5.41) is 0. The van der Waals surface area contributed by atoms with Gasteiger partial charge in [0.2, 0.25) is 5.91 Å². The van der Waals surface area contributed by atoms with Gasteiger partial charge in [-0.1, -0.05) is 6.92 Å². The highest BCUT2D eigenvalue weighted by Crippen LogP contribution is 2.13. The summed E-state index contributed by atoms with van der Waals surface area (Å²) in [5.41, 5.74) is 11.5. The summed E-state index contributed by atoms with van der Waals surface area (Å²) in [6.45, 7) is 5.28. The molecule has 5 heteroatoms. The molecule has 15 heavy (non-hydrogen) atoms. The second-order valence-corrected chi connectivity index (χ2v) is 4.33. The number of nitrogens with zero attached hydrogens (tertiary/aromatic N) is 1. The molecule has 3 atom stereocenters. The summed E-state index contributed by atoms with van der Waals surface area (Å²) < 4.78 is 0. The highest BCUT2D eigenvalue weighted by molar-refractivity contribution is 5.85. The van der Waals surface area contributed by atoms with Crippen molar-refractivity contribution in [2.45, 2.75) is 38.8 Å². The predicted octanol–water partition coefficient (Wildman–Crippen LogP) is 0.341. The Morgan fingerprint density at radius 2 is 2.07 bits per heavy atom. The average molecular weight is 236 g/mol. The van der Waals surface area contributed by atoms with E-state index in [-0.39, 0.29) is 36.3 Å². The van der Waals surface area contributed by atoms with E-state index in [1.165, 1.54) is 0 Å². The van der Waals surface area contributed by atoms with E-state index >= 15 is 0 Å². The molecule has 0 aliphatic carbocycles. The molecule has 0 aromatic carbocycles. The fraction of sp³-hybridized carbons (Fsp3) is 0.900. The molecule has 0 saturated carbocycles. The van der Waals surface area contributed by atoms with Crippen LogP contribution in [0, 0.1) is 5.92 Å². The van der Waals surface area contributed by atoms with Crippen LogP contribution in [0.25, 0.3) is 0 Å². The monoisotopic (exact) mass is 235 g/mol. The number of halogens is 1. The molecule has 1 rings (SSSR count). The molecule has 1 saturated heterocycles. The van der Waals surface area contributed by atoms with Gasteiger partial charge in [0, 0.05) is 25.2 Å². The van der Waals surface area contributed by atoms with Crippen LogP contribution >= 0.6 is 12.4 Å². The lowest BCUT2D eigenvalue weighted by Gasteiger charge is -2.33. The van der Waals surface area contributed by atoms with E-state index in [1.54, 1.807) is 0 Å². The molecule has 0 bridgehead atoms. The minimum atomic E-state index is -0.0969. The third-order valence-corrected chi connectivity index (χ3v) is 2.95. The Morgan fingerprint density at radius 1 is 1.47 bits per heavy atom. The Kier molecular flexibility index (Phi) is 6.17. The number of piperidine rings is 1. The number of carbonyl (C=O) groups is 1. The van der Waals surface area contributed by atoms with E-state index in [9.17, 15) is 4.79 Å². The van der Waals surface area contributed by atoms with Crippen molar-refractivity contribution in [1.29, 1.82) is 0 Å². The predicted molar refractivity (Wildman–Crippen MR) is 63.9 cm³/mol. The van der Waals surface area contributed by atoms with Gasteiger partial charge in [-0.25, -0.2) is 0 Å². The van der Waals surface area contributed by atoms with Crippen LogP contribution in [-0.2, 0) is 4.79 Å². The molecule has 0 aromatic heterocycles. The van der Waals surface area contributed by atoms with Crippen LogP contribution in [0.15, 0.2) is 0 Å². The molecule has 1 aliphatic rings. The van der Waals surface area contributed by atoms with Gasteiger partial charge >= 0.3 is 0 Å². The zero-order valence-electron chi connectivity index (χ0n) is 9.48.